The Balaban J connectivity index is 1.89. The van der Waals surface area contributed by atoms with Crippen LogP contribution in [0.3, 0.4) is 0 Å². The molecule has 7 heteroatoms. The van der Waals surface area contributed by atoms with Crippen molar-refractivity contribution >= 4 is 40.7 Å². The van der Waals surface area contributed by atoms with E-state index in [0.717, 1.165) is 0 Å². The zero-order valence-corrected chi connectivity index (χ0v) is 11.5. The van der Waals surface area contributed by atoms with E-state index < -0.39 is 0 Å². The molecule has 0 spiro atoms. The monoisotopic (exact) mass is 309 g/mol. The van der Waals surface area contributed by atoms with Crippen molar-refractivity contribution < 1.29 is 14.3 Å². The molecule has 1 N–H and O–H groups in total. The van der Waals surface area contributed by atoms with Crippen LogP contribution in [0.1, 0.15) is 0 Å². The zero-order chi connectivity index (χ0) is 13.1. The first-order valence-electron chi connectivity index (χ1n) is 5.20. The van der Waals surface area contributed by atoms with Crippen LogP contribution >= 0.6 is 34.8 Å². The van der Waals surface area contributed by atoms with E-state index in [1.807, 2.05) is 0 Å². The summed E-state index contributed by atoms with van der Waals surface area (Å²) in [5.74, 6) is 0.0940. The van der Waals surface area contributed by atoms with Gasteiger partial charge in [-0.2, -0.15) is 0 Å². The number of carbonyl (C=O) groups excluding carboxylic acids is 1. The second-order valence-corrected chi connectivity index (χ2v) is 5.01. The molecule has 1 saturated heterocycles. The maximum absolute atomic E-state index is 11.5. The van der Waals surface area contributed by atoms with Gasteiger partial charge in [-0.3, -0.25) is 4.79 Å². The van der Waals surface area contributed by atoms with Crippen LogP contribution in [0.5, 0.6) is 5.75 Å². The van der Waals surface area contributed by atoms with Crippen LogP contribution in [0.25, 0.3) is 0 Å². The van der Waals surface area contributed by atoms with E-state index in [9.17, 15) is 4.79 Å². The van der Waals surface area contributed by atoms with E-state index in [0.29, 0.717) is 34.0 Å². The van der Waals surface area contributed by atoms with Gasteiger partial charge in [0.25, 0.3) is 5.91 Å². The number of hydrogen-bond donors (Lipinski definition) is 1. The number of ether oxygens (including phenoxy) is 2. The van der Waals surface area contributed by atoms with Crippen LogP contribution in [0, 0.1) is 0 Å². The summed E-state index contributed by atoms with van der Waals surface area (Å²) < 4.78 is 10.2. The highest BCUT2D eigenvalue weighted by molar-refractivity contribution is 6.43. The lowest BCUT2D eigenvalue weighted by atomic mass is 10.2. The van der Waals surface area contributed by atoms with Gasteiger partial charge in [0.2, 0.25) is 0 Å². The van der Waals surface area contributed by atoms with Gasteiger partial charge in [-0.05, 0) is 6.07 Å². The third kappa shape index (κ3) is 3.42. The minimum atomic E-state index is -0.231. The Morgan fingerprint density at radius 3 is 2.56 bits per heavy atom. The van der Waals surface area contributed by atoms with Gasteiger partial charge in [0.1, 0.15) is 5.75 Å². The topological polar surface area (TPSA) is 47.6 Å². The van der Waals surface area contributed by atoms with E-state index in [2.05, 4.69) is 5.32 Å². The van der Waals surface area contributed by atoms with Crippen LogP contribution < -0.4 is 10.1 Å². The molecule has 0 bridgehead atoms. The van der Waals surface area contributed by atoms with Gasteiger partial charge in [-0.1, -0.05) is 34.8 Å². The maximum Gasteiger partial charge on any atom is 0.258 e. The quantitative estimate of drug-likeness (QED) is 0.869. The minimum Gasteiger partial charge on any atom is -0.482 e. The Kier molecular flexibility index (Phi) is 4.56. The number of hydrogen-bond acceptors (Lipinski definition) is 3. The SMILES string of the molecule is O=C(COc1cc(Cl)c(Cl)cc1Cl)NC1COC1. The fourth-order valence-corrected chi connectivity index (χ4v) is 1.94. The molecule has 1 heterocycles. The molecule has 0 atom stereocenters. The molecule has 0 unspecified atom stereocenters. The molecular formula is C11H10Cl3NO3. The molecule has 0 radical (unpaired) electrons. The summed E-state index contributed by atoms with van der Waals surface area (Å²) in [6.45, 7) is 0.951. The van der Waals surface area contributed by atoms with Gasteiger partial charge < -0.3 is 14.8 Å². The summed E-state index contributed by atoms with van der Waals surface area (Å²) in [6, 6.07) is 3.02. The average molecular weight is 311 g/mol. The lowest BCUT2D eigenvalue weighted by Gasteiger charge is -2.26. The van der Waals surface area contributed by atoms with Crippen LogP contribution in [-0.4, -0.2) is 31.8 Å². The highest BCUT2D eigenvalue weighted by Gasteiger charge is 2.20. The van der Waals surface area contributed by atoms with E-state index >= 15 is 0 Å². The smallest absolute Gasteiger partial charge is 0.258 e. The highest BCUT2D eigenvalue weighted by atomic mass is 35.5. The largest absolute Gasteiger partial charge is 0.482 e. The lowest BCUT2D eigenvalue weighted by molar-refractivity contribution is -0.127. The molecule has 1 amide bonds. The third-order valence-electron chi connectivity index (χ3n) is 2.34. The molecule has 1 aromatic rings. The molecule has 1 aromatic carbocycles. The van der Waals surface area contributed by atoms with Crippen LogP contribution in [0.4, 0.5) is 0 Å². The van der Waals surface area contributed by atoms with Crippen molar-refractivity contribution in [1.29, 1.82) is 0 Å². The van der Waals surface area contributed by atoms with Gasteiger partial charge in [-0.25, -0.2) is 0 Å². The molecule has 0 aromatic heterocycles. The van der Waals surface area contributed by atoms with Crippen molar-refractivity contribution in [2.24, 2.45) is 0 Å². The van der Waals surface area contributed by atoms with Crippen molar-refractivity contribution in [3.63, 3.8) is 0 Å². The summed E-state index contributed by atoms with van der Waals surface area (Å²) in [5.41, 5.74) is 0. The fourth-order valence-electron chi connectivity index (χ4n) is 1.35. The Labute approximate surface area is 119 Å². The van der Waals surface area contributed by atoms with Gasteiger partial charge in [0.15, 0.2) is 6.61 Å². The molecule has 0 aliphatic carbocycles. The highest BCUT2D eigenvalue weighted by Crippen LogP contribution is 2.33. The average Bonchev–Trinajstić information content (AvgIpc) is 2.27. The van der Waals surface area contributed by atoms with Gasteiger partial charge in [0.05, 0.1) is 34.3 Å². The Hall–Kier alpha value is -0.680. The molecule has 1 aliphatic rings. The molecule has 98 valence electrons. The lowest BCUT2D eigenvalue weighted by Crippen LogP contribution is -2.49. The molecular weight excluding hydrogens is 300 g/mol. The van der Waals surface area contributed by atoms with E-state index in [-0.39, 0.29) is 18.6 Å². The summed E-state index contributed by atoms with van der Waals surface area (Å²) in [4.78, 5) is 11.5. The Morgan fingerprint density at radius 2 is 1.94 bits per heavy atom. The first-order valence-corrected chi connectivity index (χ1v) is 6.34. The summed E-state index contributed by atoms with van der Waals surface area (Å²) >= 11 is 17.5. The van der Waals surface area contributed by atoms with E-state index in [4.69, 9.17) is 44.3 Å². The Morgan fingerprint density at radius 1 is 1.28 bits per heavy atom. The van der Waals surface area contributed by atoms with E-state index in [1.165, 1.54) is 12.1 Å². The molecule has 2 rings (SSSR count). The summed E-state index contributed by atoms with van der Waals surface area (Å²) in [5, 5.41) is 3.71. The number of nitrogens with one attached hydrogen (secondary N) is 1. The third-order valence-corrected chi connectivity index (χ3v) is 3.35. The molecule has 1 fully saturated rings. The minimum absolute atomic E-state index is 0.0744. The predicted molar refractivity (Wildman–Crippen MR) is 69.7 cm³/mol. The van der Waals surface area contributed by atoms with Crippen molar-refractivity contribution in [2.75, 3.05) is 19.8 Å². The van der Waals surface area contributed by atoms with Crippen LogP contribution in [0.2, 0.25) is 15.1 Å². The van der Waals surface area contributed by atoms with Crippen LogP contribution in [0.15, 0.2) is 12.1 Å². The first-order chi connectivity index (χ1) is 8.56. The van der Waals surface area contributed by atoms with Gasteiger partial charge in [-0.15, -0.1) is 0 Å². The van der Waals surface area contributed by atoms with E-state index in [1.54, 1.807) is 0 Å². The van der Waals surface area contributed by atoms with Gasteiger partial charge in [0, 0.05) is 6.07 Å². The second kappa shape index (κ2) is 5.97. The Bertz CT molecular complexity index is 463. The number of benzene rings is 1. The number of carbonyl (C=O) groups is 1. The van der Waals surface area contributed by atoms with Crippen LogP contribution in [-0.2, 0) is 9.53 Å². The summed E-state index contributed by atoms with van der Waals surface area (Å²) in [7, 11) is 0. The zero-order valence-electron chi connectivity index (χ0n) is 9.21. The summed E-state index contributed by atoms with van der Waals surface area (Å²) in [6.07, 6.45) is 0. The van der Waals surface area contributed by atoms with Crippen molar-refractivity contribution in [3.05, 3.63) is 27.2 Å². The molecule has 4 nitrogen and oxygen atoms in total. The standard InChI is InChI=1S/C11H10Cl3NO3/c12-7-1-9(14)10(2-8(7)13)18-5-11(16)15-6-3-17-4-6/h1-2,6H,3-5H2,(H,15,16). The first kappa shape index (κ1) is 13.7. The molecule has 1 aliphatic heterocycles. The number of halogens is 3. The maximum atomic E-state index is 11.5. The number of rotatable bonds is 4. The second-order valence-electron chi connectivity index (χ2n) is 3.79. The van der Waals surface area contributed by atoms with Crippen molar-refractivity contribution in [1.82, 2.24) is 5.32 Å². The van der Waals surface area contributed by atoms with Gasteiger partial charge >= 0.3 is 0 Å². The van der Waals surface area contributed by atoms with Crippen molar-refractivity contribution in [3.8, 4) is 5.75 Å². The number of amides is 1. The predicted octanol–water partition coefficient (Wildman–Crippen LogP) is 2.54. The molecule has 0 saturated carbocycles. The fraction of sp³-hybridized carbons (Fsp3) is 0.364. The van der Waals surface area contributed by atoms with Crippen molar-refractivity contribution in [2.45, 2.75) is 6.04 Å². The molecule has 18 heavy (non-hydrogen) atoms. The normalized spacial score (nSPS) is 15.1.